The zero-order valence-electron chi connectivity index (χ0n) is 19.7. The van der Waals surface area contributed by atoms with E-state index in [-0.39, 0.29) is 5.54 Å². The number of anilines is 2. The van der Waals surface area contributed by atoms with Crippen LogP contribution in [-0.4, -0.2) is 59.7 Å². The van der Waals surface area contributed by atoms with Crippen LogP contribution in [0.5, 0.6) is 0 Å². The lowest BCUT2D eigenvalue weighted by molar-refractivity contribution is 0.0631. The van der Waals surface area contributed by atoms with Crippen LogP contribution in [0.2, 0.25) is 0 Å². The Bertz CT molecular complexity index is 1140. The van der Waals surface area contributed by atoms with E-state index in [2.05, 4.69) is 26.3 Å². The van der Waals surface area contributed by atoms with Crippen LogP contribution in [0.15, 0.2) is 23.4 Å². The highest BCUT2D eigenvalue weighted by Gasteiger charge is 2.43. The van der Waals surface area contributed by atoms with Crippen molar-refractivity contribution in [3.8, 4) is 0 Å². The number of aryl methyl sites for hydroxylation is 1. The molecule has 8 nitrogen and oxygen atoms in total. The van der Waals surface area contributed by atoms with Gasteiger partial charge in [-0.25, -0.2) is 15.0 Å². The van der Waals surface area contributed by atoms with Crippen molar-refractivity contribution in [2.45, 2.75) is 80.7 Å². The summed E-state index contributed by atoms with van der Waals surface area (Å²) in [5.74, 6) is 3.43. The van der Waals surface area contributed by atoms with Crippen LogP contribution < -0.4 is 10.2 Å². The number of aromatic nitrogens is 4. The number of nitrogens with zero attached hydrogens (tertiary/aromatic N) is 5. The normalized spacial score (nSPS) is 24.6. The predicted molar refractivity (Wildman–Crippen MR) is 132 cm³/mol. The van der Waals surface area contributed by atoms with Crippen molar-refractivity contribution in [1.82, 2.24) is 19.9 Å². The first-order valence-electron chi connectivity index (χ1n) is 12.5. The van der Waals surface area contributed by atoms with Crippen molar-refractivity contribution in [2.75, 3.05) is 29.1 Å². The lowest BCUT2D eigenvalue weighted by Crippen LogP contribution is -2.54. The van der Waals surface area contributed by atoms with E-state index in [0.29, 0.717) is 30.0 Å². The Balaban J connectivity index is 1.26. The fourth-order valence-electron chi connectivity index (χ4n) is 5.22. The van der Waals surface area contributed by atoms with Crippen LogP contribution in [0, 0.1) is 0 Å². The van der Waals surface area contributed by atoms with Gasteiger partial charge in [-0.2, -0.15) is 4.98 Å². The van der Waals surface area contributed by atoms with E-state index < -0.39 is 16.9 Å². The monoisotopic (exact) mass is 480 g/mol. The number of nitrogens with one attached hydrogen (secondary N) is 1. The van der Waals surface area contributed by atoms with Crippen molar-refractivity contribution in [1.29, 1.82) is 0 Å². The van der Waals surface area contributed by atoms with Crippen molar-refractivity contribution >= 4 is 28.1 Å². The van der Waals surface area contributed by atoms with Gasteiger partial charge in [0.25, 0.3) is 0 Å². The summed E-state index contributed by atoms with van der Waals surface area (Å²) in [4.78, 5) is 21.9. The summed E-state index contributed by atoms with van der Waals surface area (Å²) < 4.78 is 12.9. The van der Waals surface area contributed by atoms with Gasteiger partial charge < -0.3 is 15.3 Å². The number of fused-ring (bicyclic) bond motifs is 1. The first kappa shape index (κ1) is 22.1. The van der Waals surface area contributed by atoms with Gasteiger partial charge in [-0.1, -0.05) is 6.08 Å². The molecule has 6 rings (SSSR count). The lowest BCUT2D eigenvalue weighted by Gasteiger charge is -2.45. The van der Waals surface area contributed by atoms with Gasteiger partial charge in [0.05, 0.1) is 28.1 Å². The molecule has 2 aromatic rings. The Morgan fingerprint density at radius 1 is 1.18 bits per heavy atom. The van der Waals surface area contributed by atoms with Crippen LogP contribution in [0.1, 0.15) is 74.9 Å². The summed E-state index contributed by atoms with van der Waals surface area (Å²) in [6, 6.07) is 0. The Morgan fingerprint density at radius 3 is 2.59 bits per heavy atom. The van der Waals surface area contributed by atoms with Crippen LogP contribution in [-0.2, 0) is 17.2 Å². The first-order valence-corrected chi connectivity index (χ1v) is 13.9. The molecule has 2 aliphatic carbocycles. The molecule has 2 fully saturated rings. The molecule has 2 N–H and O–H groups in total. The summed E-state index contributed by atoms with van der Waals surface area (Å²) in [5, 5.41) is 14.0. The standard InChI is InChI=1S/C25H32N6O2S/c1-16(32)25(9-3-10-25)30-23-21-20(4-2-13-34(21)33)28-24(29-23)31-11-7-18(8-12-31)22-26-14-19(15-27-22)17-5-6-17/h7,14-17,32H,2-6,8-13H2,1H3,(H,28,29,30)/t16-,34+/m0/s1. The average Bonchev–Trinajstić information content (AvgIpc) is 3.67. The molecule has 0 saturated heterocycles. The molecule has 2 aliphatic heterocycles. The van der Waals surface area contributed by atoms with Gasteiger partial charge in [-0.05, 0) is 75.3 Å². The van der Waals surface area contributed by atoms with E-state index in [1.807, 2.05) is 19.3 Å². The summed E-state index contributed by atoms with van der Waals surface area (Å²) >= 11 is 0. The molecular weight excluding hydrogens is 448 g/mol. The van der Waals surface area contributed by atoms with Gasteiger partial charge in [0.15, 0.2) is 5.82 Å². The Hall–Kier alpha value is -2.39. The van der Waals surface area contributed by atoms with E-state index >= 15 is 0 Å². The predicted octanol–water partition coefficient (Wildman–Crippen LogP) is 3.21. The summed E-state index contributed by atoms with van der Waals surface area (Å²) in [7, 11) is -1.11. The van der Waals surface area contributed by atoms with E-state index in [9.17, 15) is 9.32 Å². The zero-order valence-corrected chi connectivity index (χ0v) is 20.5. The van der Waals surface area contributed by atoms with Crippen LogP contribution >= 0.6 is 0 Å². The molecule has 180 valence electrons. The molecule has 0 spiro atoms. The van der Waals surface area contributed by atoms with Crippen LogP contribution in [0.4, 0.5) is 11.8 Å². The third kappa shape index (κ3) is 4.02. The van der Waals surface area contributed by atoms with Crippen molar-refractivity contribution in [3.63, 3.8) is 0 Å². The third-order valence-corrected chi connectivity index (χ3v) is 9.35. The molecule has 0 aromatic carbocycles. The molecule has 2 aromatic heterocycles. The number of hydrogen-bond acceptors (Lipinski definition) is 8. The SMILES string of the molecule is C[C@H](O)C1(Nc2nc(N3CC=C(c4ncc(C5CC5)cn4)CC3)nc3c2[S@](=O)CCC3)CCC1. The molecule has 0 amide bonds. The second kappa shape index (κ2) is 8.68. The van der Waals surface area contributed by atoms with Crippen LogP contribution in [0.25, 0.3) is 5.57 Å². The quantitative estimate of drug-likeness (QED) is 0.650. The van der Waals surface area contributed by atoms with Gasteiger partial charge in [0.1, 0.15) is 10.7 Å². The zero-order chi connectivity index (χ0) is 23.3. The van der Waals surface area contributed by atoms with Gasteiger partial charge in [-0.15, -0.1) is 0 Å². The second-order valence-electron chi connectivity index (χ2n) is 10.2. The molecule has 4 aliphatic rings. The Morgan fingerprint density at radius 2 is 1.97 bits per heavy atom. The van der Waals surface area contributed by atoms with Crippen LogP contribution in [0.3, 0.4) is 0 Å². The maximum absolute atomic E-state index is 12.9. The minimum atomic E-state index is -1.11. The topological polar surface area (TPSA) is 104 Å². The van der Waals surface area contributed by atoms with Crippen molar-refractivity contribution in [2.24, 2.45) is 0 Å². The Kier molecular flexibility index (Phi) is 5.64. The number of aliphatic hydroxyl groups excluding tert-OH is 1. The van der Waals surface area contributed by atoms with Gasteiger partial charge in [0.2, 0.25) is 5.95 Å². The average molecular weight is 481 g/mol. The number of aliphatic hydroxyl groups is 1. The molecular formula is C25H32N6O2S. The van der Waals surface area contributed by atoms with E-state index in [0.717, 1.165) is 61.5 Å². The molecule has 0 radical (unpaired) electrons. The highest BCUT2D eigenvalue weighted by atomic mass is 32.2. The summed E-state index contributed by atoms with van der Waals surface area (Å²) in [6.45, 7) is 3.29. The third-order valence-electron chi connectivity index (χ3n) is 7.81. The largest absolute Gasteiger partial charge is 0.391 e. The highest BCUT2D eigenvalue weighted by molar-refractivity contribution is 7.85. The molecule has 2 atom stereocenters. The number of hydrogen-bond donors (Lipinski definition) is 2. The van der Waals surface area contributed by atoms with E-state index in [1.165, 1.54) is 24.0 Å². The highest BCUT2D eigenvalue weighted by Crippen LogP contribution is 2.41. The molecule has 0 unspecified atom stereocenters. The maximum Gasteiger partial charge on any atom is 0.227 e. The second-order valence-corrected chi connectivity index (χ2v) is 11.7. The van der Waals surface area contributed by atoms with Crippen molar-refractivity contribution in [3.05, 3.63) is 35.6 Å². The maximum atomic E-state index is 12.9. The lowest BCUT2D eigenvalue weighted by atomic mass is 9.73. The fraction of sp³-hybridized carbons (Fsp3) is 0.600. The smallest absolute Gasteiger partial charge is 0.227 e. The Labute approximate surface area is 202 Å². The number of rotatable bonds is 6. The molecule has 2 saturated carbocycles. The molecule has 4 heterocycles. The van der Waals surface area contributed by atoms with Gasteiger partial charge >= 0.3 is 0 Å². The minimum Gasteiger partial charge on any atom is -0.391 e. The molecule has 34 heavy (non-hydrogen) atoms. The molecule has 0 bridgehead atoms. The molecule has 9 heteroatoms. The van der Waals surface area contributed by atoms with Gasteiger partial charge in [-0.3, -0.25) is 4.21 Å². The minimum absolute atomic E-state index is 0.389. The van der Waals surface area contributed by atoms with Gasteiger partial charge in [0, 0.05) is 31.2 Å². The van der Waals surface area contributed by atoms with E-state index in [1.54, 1.807) is 0 Å². The first-order chi connectivity index (χ1) is 16.5. The van der Waals surface area contributed by atoms with E-state index in [4.69, 9.17) is 9.97 Å². The fourth-order valence-corrected chi connectivity index (χ4v) is 6.55. The van der Waals surface area contributed by atoms with Crippen molar-refractivity contribution < 1.29 is 9.32 Å². The summed E-state index contributed by atoms with van der Waals surface area (Å²) in [6.07, 6.45) is 13.5. The summed E-state index contributed by atoms with van der Waals surface area (Å²) in [5.41, 5.74) is 2.91.